The van der Waals surface area contributed by atoms with Crippen molar-refractivity contribution >= 4 is 0 Å². The molecular formula is C14H26O2. The molecule has 0 bridgehead atoms. The lowest BCUT2D eigenvalue weighted by Crippen LogP contribution is -2.50. The molecule has 2 aliphatic carbocycles. The molecule has 2 fully saturated rings. The minimum atomic E-state index is -0.219. The Morgan fingerprint density at radius 3 is 2.19 bits per heavy atom. The van der Waals surface area contributed by atoms with Crippen molar-refractivity contribution in [1.29, 1.82) is 0 Å². The molecule has 1 unspecified atom stereocenters. The Kier molecular flexibility index (Phi) is 3.33. The molecule has 2 aliphatic rings. The number of aliphatic hydroxyl groups is 1. The maximum atomic E-state index is 10.4. The van der Waals surface area contributed by atoms with Gasteiger partial charge in [0, 0.05) is 6.61 Å². The Bertz CT molecular complexity index is 233. The monoisotopic (exact) mass is 226 g/mol. The van der Waals surface area contributed by atoms with E-state index in [1.165, 1.54) is 25.7 Å². The summed E-state index contributed by atoms with van der Waals surface area (Å²) in [4.78, 5) is 0. The lowest BCUT2D eigenvalue weighted by atomic mass is 9.68. The third kappa shape index (κ3) is 2.43. The van der Waals surface area contributed by atoms with Gasteiger partial charge in [0.15, 0.2) is 0 Å². The van der Waals surface area contributed by atoms with Crippen molar-refractivity contribution < 1.29 is 9.84 Å². The van der Waals surface area contributed by atoms with E-state index in [-0.39, 0.29) is 11.7 Å². The fraction of sp³-hybridized carbons (Fsp3) is 1.00. The number of ether oxygens (including phenoxy) is 1. The van der Waals surface area contributed by atoms with Gasteiger partial charge in [-0.3, -0.25) is 0 Å². The van der Waals surface area contributed by atoms with Crippen molar-refractivity contribution in [1.82, 2.24) is 0 Å². The fourth-order valence-electron chi connectivity index (χ4n) is 3.00. The summed E-state index contributed by atoms with van der Waals surface area (Å²) in [5, 5.41) is 10.4. The lowest BCUT2D eigenvalue weighted by Gasteiger charge is -2.46. The zero-order valence-corrected chi connectivity index (χ0v) is 11.0. The summed E-state index contributed by atoms with van der Waals surface area (Å²) < 4.78 is 5.98. The highest BCUT2D eigenvalue weighted by Crippen LogP contribution is 2.48. The van der Waals surface area contributed by atoms with Crippen LogP contribution in [0.4, 0.5) is 0 Å². The van der Waals surface area contributed by atoms with Crippen molar-refractivity contribution in [3.8, 4) is 0 Å². The van der Waals surface area contributed by atoms with Gasteiger partial charge in [0.05, 0.1) is 11.7 Å². The molecule has 0 aliphatic heterocycles. The molecule has 94 valence electrons. The molecule has 1 N–H and O–H groups in total. The van der Waals surface area contributed by atoms with Gasteiger partial charge in [-0.05, 0) is 56.8 Å². The zero-order chi connectivity index (χ0) is 11.8. The summed E-state index contributed by atoms with van der Waals surface area (Å²) in [7, 11) is 0. The van der Waals surface area contributed by atoms with E-state index >= 15 is 0 Å². The van der Waals surface area contributed by atoms with Crippen LogP contribution in [0.2, 0.25) is 0 Å². The smallest absolute Gasteiger partial charge is 0.0943 e. The Hall–Kier alpha value is -0.0800. The molecule has 0 spiro atoms. The van der Waals surface area contributed by atoms with Crippen LogP contribution in [0, 0.1) is 11.3 Å². The first-order valence-electron chi connectivity index (χ1n) is 6.81. The van der Waals surface area contributed by atoms with Crippen LogP contribution in [0.1, 0.15) is 59.3 Å². The molecule has 2 rings (SSSR count). The number of hydrogen-bond donors (Lipinski definition) is 1. The normalized spacial score (nSPS) is 30.0. The molecular weight excluding hydrogens is 200 g/mol. The van der Waals surface area contributed by atoms with Crippen LogP contribution >= 0.6 is 0 Å². The van der Waals surface area contributed by atoms with Gasteiger partial charge in [0.25, 0.3) is 0 Å². The van der Waals surface area contributed by atoms with Crippen LogP contribution in [-0.4, -0.2) is 23.4 Å². The summed E-state index contributed by atoms with van der Waals surface area (Å²) in [5.74, 6) is 0.521. The van der Waals surface area contributed by atoms with Crippen LogP contribution in [-0.2, 0) is 4.74 Å². The topological polar surface area (TPSA) is 29.5 Å². The minimum Gasteiger partial charge on any atom is -0.390 e. The van der Waals surface area contributed by atoms with E-state index in [0.29, 0.717) is 11.3 Å². The summed E-state index contributed by atoms with van der Waals surface area (Å²) in [6, 6.07) is 0. The first-order chi connectivity index (χ1) is 7.49. The maximum absolute atomic E-state index is 10.4. The third-order valence-electron chi connectivity index (χ3n) is 4.49. The first kappa shape index (κ1) is 12.4. The standard InChI is InChI=1S/C14H26O2/c1-4-16-14(12(15)11-5-6-11)9-7-13(2,3)8-10-14/h11-12,15H,4-10H2,1-3H3. The highest BCUT2D eigenvalue weighted by molar-refractivity contribution is 5.00. The molecule has 0 aromatic heterocycles. The van der Waals surface area contributed by atoms with Crippen LogP contribution in [0.5, 0.6) is 0 Å². The van der Waals surface area contributed by atoms with E-state index in [2.05, 4.69) is 13.8 Å². The van der Waals surface area contributed by atoms with Gasteiger partial charge < -0.3 is 9.84 Å². The van der Waals surface area contributed by atoms with Crippen molar-refractivity contribution in [3.63, 3.8) is 0 Å². The van der Waals surface area contributed by atoms with E-state index in [0.717, 1.165) is 19.4 Å². The second-order valence-corrected chi connectivity index (χ2v) is 6.44. The zero-order valence-electron chi connectivity index (χ0n) is 11.0. The van der Waals surface area contributed by atoms with Crippen LogP contribution in [0.3, 0.4) is 0 Å². The molecule has 2 saturated carbocycles. The Labute approximate surface area is 99.4 Å². The average molecular weight is 226 g/mol. The van der Waals surface area contributed by atoms with Gasteiger partial charge in [-0.25, -0.2) is 0 Å². The third-order valence-corrected chi connectivity index (χ3v) is 4.49. The number of hydrogen-bond acceptors (Lipinski definition) is 2. The molecule has 16 heavy (non-hydrogen) atoms. The molecule has 2 heteroatoms. The molecule has 0 radical (unpaired) electrons. The van der Waals surface area contributed by atoms with E-state index in [4.69, 9.17) is 4.74 Å². The summed E-state index contributed by atoms with van der Waals surface area (Å²) >= 11 is 0. The fourth-order valence-corrected chi connectivity index (χ4v) is 3.00. The number of rotatable bonds is 4. The Morgan fingerprint density at radius 2 is 1.75 bits per heavy atom. The quantitative estimate of drug-likeness (QED) is 0.798. The van der Waals surface area contributed by atoms with E-state index in [1.54, 1.807) is 0 Å². The van der Waals surface area contributed by atoms with Crippen molar-refractivity contribution in [2.75, 3.05) is 6.61 Å². The van der Waals surface area contributed by atoms with Crippen molar-refractivity contribution in [2.45, 2.75) is 71.0 Å². The second kappa shape index (κ2) is 4.30. The molecule has 0 amide bonds. The SMILES string of the molecule is CCOC1(C(O)C2CC2)CCC(C)(C)CC1. The van der Waals surface area contributed by atoms with Gasteiger partial charge in [0.2, 0.25) is 0 Å². The Balaban J connectivity index is 2.04. The largest absolute Gasteiger partial charge is 0.390 e. The van der Waals surface area contributed by atoms with E-state index in [9.17, 15) is 5.11 Å². The average Bonchev–Trinajstić information content (AvgIpc) is 3.04. The molecule has 1 atom stereocenters. The van der Waals surface area contributed by atoms with Crippen molar-refractivity contribution in [3.05, 3.63) is 0 Å². The van der Waals surface area contributed by atoms with Crippen molar-refractivity contribution in [2.24, 2.45) is 11.3 Å². The molecule has 0 aromatic carbocycles. The van der Waals surface area contributed by atoms with Gasteiger partial charge in [0.1, 0.15) is 0 Å². The molecule has 2 nitrogen and oxygen atoms in total. The van der Waals surface area contributed by atoms with Gasteiger partial charge in [-0.2, -0.15) is 0 Å². The van der Waals surface area contributed by atoms with Crippen LogP contribution < -0.4 is 0 Å². The molecule has 0 aromatic rings. The molecule has 0 saturated heterocycles. The summed E-state index contributed by atoms with van der Waals surface area (Å²) in [5.41, 5.74) is 0.218. The highest BCUT2D eigenvalue weighted by atomic mass is 16.5. The lowest BCUT2D eigenvalue weighted by molar-refractivity contribution is -0.157. The van der Waals surface area contributed by atoms with Gasteiger partial charge in [-0.1, -0.05) is 13.8 Å². The van der Waals surface area contributed by atoms with Gasteiger partial charge in [-0.15, -0.1) is 0 Å². The second-order valence-electron chi connectivity index (χ2n) is 6.44. The van der Waals surface area contributed by atoms with Gasteiger partial charge >= 0.3 is 0 Å². The summed E-state index contributed by atoms with van der Waals surface area (Å²) in [6.45, 7) is 7.42. The first-order valence-corrected chi connectivity index (χ1v) is 6.81. The number of aliphatic hydroxyl groups excluding tert-OH is 1. The van der Waals surface area contributed by atoms with Crippen LogP contribution in [0.15, 0.2) is 0 Å². The van der Waals surface area contributed by atoms with Crippen LogP contribution in [0.25, 0.3) is 0 Å². The predicted molar refractivity (Wildman–Crippen MR) is 65.3 cm³/mol. The molecule has 0 heterocycles. The predicted octanol–water partition coefficient (Wildman–Crippen LogP) is 3.13. The maximum Gasteiger partial charge on any atom is 0.0943 e. The highest BCUT2D eigenvalue weighted by Gasteiger charge is 2.49. The minimum absolute atomic E-state index is 0.217. The van der Waals surface area contributed by atoms with E-state index < -0.39 is 0 Å². The Morgan fingerprint density at radius 1 is 1.19 bits per heavy atom. The van der Waals surface area contributed by atoms with E-state index in [1.807, 2.05) is 6.92 Å². The summed E-state index contributed by atoms with van der Waals surface area (Å²) in [6.07, 6.45) is 6.59.